The fourth-order valence-electron chi connectivity index (χ4n) is 5.69. The number of aromatic nitrogens is 8. The number of benzene rings is 4. The van der Waals surface area contributed by atoms with Crippen LogP contribution < -0.4 is 0 Å². The van der Waals surface area contributed by atoms with Crippen molar-refractivity contribution in [1.29, 1.82) is 0 Å². The molecule has 43 heavy (non-hydrogen) atoms. The average molecular weight is 691 g/mol. The first kappa shape index (κ1) is 26.2. The standard InChI is InChI=1S/C32H16BrClN8.Cu/c33-21-13-14-22(34)24-23(21)31-40-29-19-11-5-3-9-17(19)27(38-29)36-25-15-7-1-2-8-16(15)26(35-25)37-28-18-10-4-6-12-20(18)30(39-28)41-32(24)42-31;/h1-14H,(H2,35,36,37,38,39,40,41,42);. The van der Waals surface area contributed by atoms with Crippen molar-refractivity contribution in [1.82, 2.24) is 39.9 Å². The van der Waals surface area contributed by atoms with E-state index in [9.17, 15) is 0 Å². The fourth-order valence-corrected chi connectivity index (χ4v) is 6.46. The van der Waals surface area contributed by atoms with Crippen LogP contribution in [0.1, 0.15) is 0 Å². The van der Waals surface area contributed by atoms with Crippen LogP contribution in [0.5, 0.6) is 0 Å². The van der Waals surface area contributed by atoms with Gasteiger partial charge >= 0.3 is 0 Å². The Morgan fingerprint density at radius 3 is 1.35 bits per heavy atom. The van der Waals surface area contributed by atoms with Gasteiger partial charge in [0.2, 0.25) is 0 Å². The quantitative estimate of drug-likeness (QED) is 0.155. The third-order valence-electron chi connectivity index (χ3n) is 7.60. The van der Waals surface area contributed by atoms with Gasteiger partial charge in [0.05, 0.1) is 5.02 Å². The zero-order chi connectivity index (χ0) is 27.9. The maximum absolute atomic E-state index is 6.78. The van der Waals surface area contributed by atoms with Crippen molar-refractivity contribution in [3.8, 4) is 45.6 Å². The zero-order valence-corrected chi connectivity index (χ0v) is 25.1. The molecule has 0 atom stereocenters. The van der Waals surface area contributed by atoms with Crippen molar-refractivity contribution in [3.63, 3.8) is 0 Å². The molecular formula is C32H16BrClCuN8. The Morgan fingerprint density at radius 2 is 0.860 bits per heavy atom. The summed E-state index contributed by atoms with van der Waals surface area (Å²) in [4.78, 5) is 36.7. The molecule has 8 bridgehead atoms. The molecule has 5 heterocycles. The van der Waals surface area contributed by atoms with E-state index in [0.29, 0.717) is 50.9 Å². The molecule has 2 N–H and O–H groups in total. The van der Waals surface area contributed by atoms with E-state index >= 15 is 0 Å². The Hall–Kier alpha value is -4.47. The molecule has 7 aromatic rings. The molecule has 0 amide bonds. The molecular weight excluding hydrogens is 675 g/mol. The van der Waals surface area contributed by atoms with Crippen LogP contribution in [0.3, 0.4) is 0 Å². The van der Waals surface area contributed by atoms with Gasteiger partial charge in [-0.15, -0.1) is 0 Å². The molecule has 2 aliphatic rings. The van der Waals surface area contributed by atoms with Crippen LogP contribution in [0.2, 0.25) is 5.02 Å². The second-order valence-corrected chi connectivity index (χ2v) is 11.3. The van der Waals surface area contributed by atoms with Gasteiger partial charge in [-0.1, -0.05) is 100 Å². The molecule has 8 nitrogen and oxygen atoms in total. The summed E-state index contributed by atoms with van der Waals surface area (Å²) in [5.41, 5.74) is 5.98. The molecule has 3 aromatic heterocycles. The van der Waals surface area contributed by atoms with E-state index in [0.717, 1.165) is 48.3 Å². The SMILES string of the molecule is Clc1ccc(Br)c2c3nc4nc(nc5[nH]c(nc6nc(nc([nH]3)c12)-c1ccccc1-6)c1ccccc51)-c1ccccc1-4.[Cu]. The van der Waals surface area contributed by atoms with Gasteiger partial charge in [0, 0.05) is 65.3 Å². The van der Waals surface area contributed by atoms with E-state index in [2.05, 4.69) is 25.9 Å². The second-order valence-electron chi connectivity index (χ2n) is 10.0. The van der Waals surface area contributed by atoms with Gasteiger partial charge < -0.3 is 9.97 Å². The predicted octanol–water partition coefficient (Wildman–Crippen LogP) is 8.28. The van der Waals surface area contributed by atoms with Crippen LogP contribution in [-0.4, -0.2) is 39.9 Å². The Balaban J connectivity index is 0.00000278. The minimum absolute atomic E-state index is 0. The zero-order valence-electron chi connectivity index (χ0n) is 21.8. The first-order valence-corrected chi connectivity index (χ1v) is 14.4. The number of rotatable bonds is 0. The molecule has 0 aliphatic carbocycles. The van der Waals surface area contributed by atoms with E-state index in [4.69, 9.17) is 41.5 Å². The van der Waals surface area contributed by atoms with Gasteiger partial charge in [0.1, 0.15) is 22.6 Å². The van der Waals surface area contributed by atoms with Crippen molar-refractivity contribution in [2.75, 3.05) is 0 Å². The van der Waals surface area contributed by atoms with Gasteiger partial charge in [-0.2, -0.15) is 0 Å². The molecule has 0 unspecified atom stereocenters. The molecule has 2 aliphatic heterocycles. The molecule has 0 fully saturated rings. The third-order valence-corrected chi connectivity index (χ3v) is 8.58. The molecule has 1 radical (unpaired) electrons. The topological polar surface area (TPSA) is 109 Å². The van der Waals surface area contributed by atoms with E-state index in [1.54, 1.807) is 0 Å². The van der Waals surface area contributed by atoms with Gasteiger partial charge in [0.25, 0.3) is 0 Å². The van der Waals surface area contributed by atoms with E-state index in [1.807, 2.05) is 84.9 Å². The molecule has 11 heteroatoms. The van der Waals surface area contributed by atoms with Crippen LogP contribution >= 0.6 is 27.5 Å². The van der Waals surface area contributed by atoms with Crippen molar-refractivity contribution >= 4 is 71.7 Å². The van der Waals surface area contributed by atoms with Crippen LogP contribution in [0.25, 0.3) is 89.7 Å². The minimum Gasteiger partial charge on any atom is -0.324 e. The Bertz CT molecular complexity index is 2300. The molecule has 0 saturated carbocycles. The monoisotopic (exact) mass is 689 g/mol. The number of hydrogen-bond acceptors (Lipinski definition) is 6. The minimum atomic E-state index is 0. The maximum atomic E-state index is 6.78. The van der Waals surface area contributed by atoms with Gasteiger partial charge in [-0.05, 0) is 12.1 Å². The summed E-state index contributed by atoms with van der Waals surface area (Å²) in [6, 6.07) is 27.7. The van der Waals surface area contributed by atoms with Crippen molar-refractivity contribution in [3.05, 3.63) is 94.4 Å². The number of H-pyrrole nitrogens is 2. The first-order chi connectivity index (χ1) is 20.6. The summed E-state index contributed by atoms with van der Waals surface area (Å²) in [5, 5.41) is 3.95. The molecule has 0 saturated heterocycles. The van der Waals surface area contributed by atoms with E-state index in [-0.39, 0.29) is 17.1 Å². The number of aromatic amines is 2. The van der Waals surface area contributed by atoms with E-state index < -0.39 is 0 Å². The van der Waals surface area contributed by atoms with Crippen molar-refractivity contribution in [2.24, 2.45) is 0 Å². The second kappa shape index (κ2) is 9.79. The van der Waals surface area contributed by atoms with Crippen molar-refractivity contribution in [2.45, 2.75) is 0 Å². The Labute approximate surface area is 267 Å². The Kier molecular flexibility index (Phi) is 5.96. The van der Waals surface area contributed by atoms with Crippen molar-refractivity contribution < 1.29 is 17.1 Å². The van der Waals surface area contributed by atoms with Crippen LogP contribution in [0, 0.1) is 0 Å². The number of fused-ring (bicyclic) bond motifs is 20. The number of hydrogen-bond donors (Lipinski definition) is 2. The van der Waals surface area contributed by atoms with Crippen LogP contribution in [0.4, 0.5) is 0 Å². The molecule has 9 rings (SSSR count). The first-order valence-electron chi connectivity index (χ1n) is 13.2. The van der Waals surface area contributed by atoms with Crippen LogP contribution in [0.15, 0.2) is 89.4 Å². The number of halogens is 2. The summed E-state index contributed by atoms with van der Waals surface area (Å²) in [6.45, 7) is 0. The van der Waals surface area contributed by atoms with Gasteiger partial charge in [-0.25, -0.2) is 29.9 Å². The average Bonchev–Trinajstić information content (AvgIpc) is 3.75. The summed E-state index contributed by atoms with van der Waals surface area (Å²) >= 11 is 10.5. The normalized spacial score (nSPS) is 11.8. The van der Waals surface area contributed by atoms with Gasteiger partial charge in [0.15, 0.2) is 23.3 Å². The Morgan fingerprint density at radius 1 is 0.465 bits per heavy atom. The number of nitrogens with zero attached hydrogens (tertiary/aromatic N) is 6. The molecule has 0 spiro atoms. The summed E-state index contributed by atoms with van der Waals surface area (Å²) < 4.78 is 0.832. The largest absolute Gasteiger partial charge is 0.324 e. The predicted molar refractivity (Wildman–Crippen MR) is 169 cm³/mol. The summed E-state index contributed by atoms with van der Waals surface area (Å²) in [7, 11) is 0. The molecule has 4 aromatic carbocycles. The van der Waals surface area contributed by atoms with Gasteiger partial charge in [-0.3, -0.25) is 0 Å². The maximum Gasteiger partial charge on any atom is 0.164 e. The van der Waals surface area contributed by atoms with E-state index in [1.165, 1.54) is 0 Å². The van der Waals surface area contributed by atoms with Crippen LogP contribution in [-0.2, 0) is 17.1 Å². The smallest absolute Gasteiger partial charge is 0.164 e. The summed E-state index contributed by atoms with van der Waals surface area (Å²) in [6.07, 6.45) is 0. The molecule has 209 valence electrons. The third kappa shape index (κ3) is 3.95. The fraction of sp³-hybridized carbons (Fsp3) is 0. The number of nitrogens with one attached hydrogen (secondary N) is 2. The summed E-state index contributed by atoms with van der Waals surface area (Å²) in [5.74, 6) is 2.19.